The van der Waals surface area contributed by atoms with E-state index in [1.165, 1.54) is 12.1 Å². The fraction of sp³-hybridized carbons (Fsp3) is 0.400. The van der Waals surface area contributed by atoms with Crippen LogP contribution in [0.4, 0.5) is 15.8 Å². The second-order valence-corrected chi connectivity index (χ2v) is 6.20. The van der Waals surface area contributed by atoms with Crippen LogP contribution >= 0.6 is 15.9 Å². The minimum atomic E-state index is -0.907. The maximum atomic E-state index is 13.2. The van der Waals surface area contributed by atoms with Gasteiger partial charge in [0.1, 0.15) is 5.82 Å². The Morgan fingerprint density at radius 3 is 2.81 bits per heavy atom. The van der Waals surface area contributed by atoms with Crippen LogP contribution in [0.5, 0.6) is 0 Å². The molecule has 2 atom stereocenters. The molecule has 0 aliphatic heterocycles. The first-order valence-electron chi connectivity index (χ1n) is 4.72. The molecule has 3 nitrogen and oxygen atoms in total. The van der Waals surface area contributed by atoms with Crippen molar-refractivity contribution in [1.29, 1.82) is 0 Å². The van der Waals surface area contributed by atoms with Crippen LogP contribution in [0.15, 0.2) is 16.6 Å². The number of nitrogen functional groups attached to an aromatic ring is 1. The van der Waals surface area contributed by atoms with Crippen molar-refractivity contribution >= 4 is 38.1 Å². The molecule has 6 heteroatoms. The predicted molar refractivity (Wildman–Crippen MR) is 70.5 cm³/mol. The van der Waals surface area contributed by atoms with Crippen LogP contribution in [0.3, 0.4) is 0 Å². The zero-order chi connectivity index (χ0) is 12.3. The van der Waals surface area contributed by atoms with Crippen molar-refractivity contribution < 1.29 is 8.60 Å². The van der Waals surface area contributed by atoms with Crippen molar-refractivity contribution in [3.8, 4) is 0 Å². The van der Waals surface area contributed by atoms with E-state index in [2.05, 4.69) is 21.2 Å². The molecule has 0 heterocycles. The maximum absolute atomic E-state index is 13.2. The molecule has 0 radical (unpaired) electrons. The Balaban J connectivity index is 2.74. The topological polar surface area (TPSA) is 55.1 Å². The van der Waals surface area contributed by atoms with Crippen molar-refractivity contribution in [2.45, 2.75) is 12.2 Å². The lowest BCUT2D eigenvalue weighted by atomic mass is 10.2. The molecular formula is C10H14BrFN2OS. The van der Waals surface area contributed by atoms with E-state index in [4.69, 9.17) is 5.73 Å². The molecule has 2 unspecified atom stereocenters. The molecule has 0 fully saturated rings. The standard InChI is InChI=1S/C10H14BrFN2OS/c1-6(16(2)15)5-14-10-4-8(12)7(11)3-9(10)13/h3-4,6,14H,5,13H2,1-2H3. The third-order valence-corrected chi connectivity index (χ3v) is 4.15. The molecule has 3 N–H and O–H groups in total. The first kappa shape index (κ1) is 13.4. The summed E-state index contributed by atoms with van der Waals surface area (Å²) < 4.78 is 24.7. The third-order valence-electron chi connectivity index (χ3n) is 2.24. The number of rotatable bonds is 4. The number of benzene rings is 1. The van der Waals surface area contributed by atoms with Crippen molar-refractivity contribution in [2.24, 2.45) is 0 Å². The zero-order valence-corrected chi connectivity index (χ0v) is 11.5. The van der Waals surface area contributed by atoms with Gasteiger partial charge in [-0.1, -0.05) is 0 Å². The van der Waals surface area contributed by atoms with Gasteiger partial charge in [0.2, 0.25) is 0 Å². The highest BCUT2D eigenvalue weighted by molar-refractivity contribution is 9.10. The fourth-order valence-corrected chi connectivity index (χ4v) is 1.77. The van der Waals surface area contributed by atoms with E-state index < -0.39 is 10.8 Å². The molecule has 1 rings (SSSR count). The molecule has 0 saturated carbocycles. The van der Waals surface area contributed by atoms with Gasteiger partial charge in [0, 0.05) is 34.9 Å². The van der Waals surface area contributed by atoms with E-state index in [-0.39, 0.29) is 11.1 Å². The molecule has 0 aromatic heterocycles. The number of hydrogen-bond donors (Lipinski definition) is 2. The minimum absolute atomic E-state index is 0.00823. The number of halogens is 2. The molecular weight excluding hydrogens is 295 g/mol. The maximum Gasteiger partial charge on any atom is 0.139 e. The van der Waals surface area contributed by atoms with Gasteiger partial charge >= 0.3 is 0 Å². The lowest BCUT2D eigenvalue weighted by Gasteiger charge is -2.13. The fourth-order valence-electron chi connectivity index (χ4n) is 1.09. The lowest BCUT2D eigenvalue weighted by Crippen LogP contribution is -2.21. The summed E-state index contributed by atoms with van der Waals surface area (Å²) in [6.07, 6.45) is 1.64. The third kappa shape index (κ3) is 3.45. The van der Waals surface area contributed by atoms with Crippen molar-refractivity contribution in [3.63, 3.8) is 0 Å². The summed E-state index contributed by atoms with van der Waals surface area (Å²) in [5.41, 5.74) is 6.70. The molecule has 0 bridgehead atoms. The molecule has 1 aromatic rings. The molecule has 0 aliphatic carbocycles. The van der Waals surface area contributed by atoms with E-state index in [0.717, 1.165) is 0 Å². The Morgan fingerprint density at radius 1 is 1.62 bits per heavy atom. The highest BCUT2D eigenvalue weighted by Crippen LogP contribution is 2.26. The Kier molecular flexibility index (Phi) is 4.73. The highest BCUT2D eigenvalue weighted by atomic mass is 79.9. The number of anilines is 2. The van der Waals surface area contributed by atoms with Crippen LogP contribution in [0.2, 0.25) is 0 Å². The summed E-state index contributed by atoms with van der Waals surface area (Å²) in [7, 11) is -0.907. The second kappa shape index (κ2) is 5.63. The Morgan fingerprint density at radius 2 is 2.25 bits per heavy atom. The van der Waals surface area contributed by atoms with Gasteiger partial charge in [0.15, 0.2) is 0 Å². The van der Waals surface area contributed by atoms with Gasteiger partial charge in [0.05, 0.1) is 15.8 Å². The van der Waals surface area contributed by atoms with E-state index in [0.29, 0.717) is 22.4 Å². The Hall–Kier alpha value is -0.620. The van der Waals surface area contributed by atoms with Gasteiger partial charge in [-0.2, -0.15) is 0 Å². The molecule has 0 amide bonds. The van der Waals surface area contributed by atoms with Crippen LogP contribution in [-0.2, 0) is 10.8 Å². The van der Waals surface area contributed by atoms with Gasteiger partial charge in [-0.25, -0.2) is 4.39 Å². The van der Waals surface area contributed by atoms with Gasteiger partial charge < -0.3 is 11.1 Å². The van der Waals surface area contributed by atoms with Gasteiger partial charge in [0.25, 0.3) is 0 Å². The first-order valence-corrected chi connectivity index (χ1v) is 7.14. The van der Waals surface area contributed by atoms with Crippen LogP contribution < -0.4 is 11.1 Å². The van der Waals surface area contributed by atoms with Crippen molar-refractivity contribution in [3.05, 3.63) is 22.4 Å². The highest BCUT2D eigenvalue weighted by Gasteiger charge is 2.09. The summed E-state index contributed by atoms with van der Waals surface area (Å²) in [5.74, 6) is -0.373. The Labute approximate surface area is 105 Å². The zero-order valence-electron chi connectivity index (χ0n) is 9.09. The van der Waals surface area contributed by atoms with Crippen LogP contribution in [-0.4, -0.2) is 22.3 Å². The molecule has 0 aliphatic rings. The van der Waals surface area contributed by atoms with E-state index in [1.54, 1.807) is 6.26 Å². The van der Waals surface area contributed by atoms with E-state index in [1.807, 2.05) is 6.92 Å². The van der Waals surface area contributed by atoms with Crippen LogP contribution in [0, 0.1) is 5.82 Å². The van der Waals surface area contributed by atoms with Crippen LogP contribution in [0.25, 0.3) is 0 Å². The monoisotopic (exact) mass is 308 g/mol. The molecule has 0 saturated heterocycles. The average molecular weight is 309 g/mol. The molecule has 90 valence electrons. The number of nitrogens with one attached hydrogen (secondary N) is 1. The summed E-state index contributed by atoms with van der Waals surface area (Å²) in [6.45, 7) is 2.35. The normalized spacial score (nSPS) is 14.5. The van der Waals surface area contributed by atoms with Gasteiger partial charge in [-0.15, -0.1) is 0 Å². The van der Waals surface area contributed by atoms with Gasteiger partial charge in [-0.05, 0) is 28.9 Å². The molecule has 0 spiro atoms. The quantitative estimate of drug-likeness (QED) is 0.840. The second-order valence-electron chi connectivity index (χ2n) is 3.54. The number of hydrogen-bond acceptors (Lipinski definition) is 3. The SMILES string of the molecule is CC(CNc1cc(F)c(Br)cc1N)S(C)=O. The summed E-state index contributed by atoms with van der Waals surface area (Å²) in [5, 5.41) is 2.97. The average Bonchev–Trinajstić information content (AvgIpc) is 2.20. The lowest BCUT2D eigenvalue weighted by molar-refractivity contribution is 0.622. The van der Waals surface area contributed by atoms with Crippen LogP contribution in [0.1, 0.15) is 6.92 Å². The van der Waals surface area contributed by atoms with Crippen molar-refractivity contribution in [2.75, 3.05) is 23.9 Å². The predicted octanol–water partition coefficient (Wildman–Crippen LogP) is 2.35. The van der Waals surface area contributed by atoms with E-state index in [9.17, 15) is 8.60 Å². The Bertz CT molecular complexity index is 414. The van der Waals surface area contributed by atoms with Gasteiger partial charge in [-0.3, -0.25) is 4.21 Å². The minimum Gasteiger partial charge on any atom is -0.397 e. The first-order chi connectivity index (χ1) is 7.41. The molecule has 16 heavy (non-hydrogen) atoms. The van der Waals surface area contributed by atoms with E-state index >= 15 is 0 Å². The summed E-state index contributed by atoms with van der Waals surface area (Å²) in [6, 6.07) is 2.83. The smallest absolute Gasteiger partial charge is 0.139 e. The van der Waals surface area contributed by atoms with Crippen molar-refractivity contribution in [1.82, 2.24) is 0 Å². The summed E-state index contributed by atoms with van der Waals surface area (Å²) >= 11 is 3.05. The molecule has 1 aromatic carbocycles. The summed E-state index contributed by atoms with van der Waals surface area (Å²) in [4.78, 5) is 0. The number of nitrogens with two attached hydrogens (primary N) is 1. The largest absolute Gasteiger partial charge is 0.397 e.